The molecular formula is C9H8FNO3. The number of hydrogen-bond acceptors (Lipinski definition) is 3. The first kappa shape index (κ1) is 10.2. The van der Waals surface area contributed by atoms with Crippen LogP contribution in [0.1, 0.15) is 5.56 Å². The van der Waals surface area contributed by atoms with E-state index >= 15 is 0 Å². The number of carbonyl (C=O) groups excluding carboxylic acids is 2. The van der Waals surface area contributed by atoms with Crippen molar-refractivity contribution in [1.29, 1.82) is 0 Å². The van der Waals surface area contributed by atoms with Gasteiger partial charge in [-0.15, -0.1) is 0 Å². The number of amides is 1. The third-order valence-electron chi connectivity index (χ3n) is 1.56. The zero-order chi connectivity index (χ0) is 10.4. The number of nitrogens with one attached hydrogen (secondary N) is 1. The van der Waals surface area contributed by atoms with Crippen LogP contribution < -0.4 is 10.1 Å². The lowest BCUT2D eigenvalue weighted by molar-refractivity contribution is -0.120. The van der Waals surface area contributed by atoms with Crippen molar-refractivity contribution >= 4 is 12.9 Å². The van der Waals surface area contributed by atoms with Gasteiger partial charge in [-0.25, -0.2) is 4.39 Å². The van der Waals surface area contributed by atoms with E-state index in [1.807, 2.05) is 0 Å². The topological polar surface area (TPSA) is 55.4 Å². The highest BCUT2D eigenvalue weighted by Gasteiger charge is 2.03. The maximum absolute atomic E-state index is 13.1. The molecule has 0 saturated carbocycles. The highest BCUT2D eigenvalue weighted by Crippen LogP contribution is 2.17. The van der Waals surface area contributed by atoms with Crippen LogP contribution in [0.25, 0.3) is 0 Å². The Morgan fingerprint density at radius 3 is 2.79 bits per heavy atom. The smallest absolute Gasteiger partial charge is 0.298 e. The van der Waals surface area contributed by atoms with Crippen molar-refractivity contribution in [2.45, 2.75) is 6.54 Å². The SMILES string of the molecule is O=CNCc1ccc(OC=O)c(F)c1. The maximum Gasteiger partial charge on any atom is 0.298 e. The Morgan fingerprint density at radius 2 is 2.21 bits per heavy atom. The average Bonchev–Trinajstić information content (AvgIpc) is 2.19. The lowest BCUT2D eigenvalue weighted by Crippen LogP contribution is -2.09. The van der Waals surface area contributed by atoms with Crippen LogP contribution in [0.3, 0.4) is 0 Å². The zero-order valence-corrected chi connectivity index (χ0v) is 7.20. The van der Waals surface area contributed by atoms with Gasteiger partial charge in [0, 0.05) is 6.54 Å². The second-order valence-corrected chi connectivity index (χ2v) is 2.48. The molecule has 0 aliphatic carbocycles. The highest BCUT2D eigenvalue weighted by molar-refractivity contribution is 5.47. The molecule has 0 aromatic heterocycles. The van der Waals surface area contributed by atoms with Gasteiger partial charge in [-0.3, -0.25) is 9.59 Å². The molecule has 0 spiro atoms. The number of benzene rings is 1. The Bertz CT molecular complexity index is 341. The van der Waals surface area contributed by atoms with Crippen LogP contribution in [0.4, 0.5) is 4.39 Å². The molecule has 1 N–H and O–H groups in total. The molecule has 0 aliphatic heterocycles. The molecule has 74 valence electrons. The maximum atomic E-state index is 13.1. The van der Waals surface area contributed by atoms with E-state index in [0.717, 1.165) is 0 Å². The Balaban J connectivity index is 2.77. The predicted octanol–water partition coefficient (Wildman–Crippen LogP) is 0.607. The third-order valence-corrected chi connectivity index (χ3v) is 1.56. The Kier molecular flexibility index (Phi) is 3.60. The van der Waals surface area contributed by atoms with Gasteiger partial charge < -0.3 is 10.1 Å². The fourth-order valence-electron chi connectivity index (χ4n) is 0.961. The summed E-state index contributed by atoms with van der Waals surface area (Å²) < 4.78 is 17.4. The van der Waals surface area contributed by atoms with Gasteiger partial charge in [0.25, 0.3) is 6.47 Å². The minimum absolute atomic E-state index is 0.130. The number of halogens is 1. The van der Waals surface area contributed by atoms with Crippen molar-refractivity contribution in [3.05, 3.63) is 29.6 Å². The Hall–Kier alpha value is -1.91. The Morgan fingerprint density at radius 1 is 1.43 bits per heavy atom. The van der Waals surface area contributed by atoms with E-state index < -0.39 is 5.82 Å². The van der Waals surface area contributed by atoms with E-state index in [-0.39, 0.29) is 18.8 Å². The average molecular weight is 197 g/mol. The quantitative estimate of drug-likeness (QED) is 0.703. The normalized spacial score (nSPS) is 9.21. The fourth-order valence-corrected chi connectivity index (χ4v) is 0.961. The summed E-state index contributed by atoms with van der Waals surface area (Å²) in [6.45, 7) is 0.392. The van der Waals surface area contributed by atoms with Crippen molar-refractivity contribution in [3.63, 3.8) is 0 Å². The largest absolute Gasteiger partial charge is 0.426 e. The standard InChI is InChI=1S/C9H8FNO3/c10-8-3-7(4-11-5-12)1-2-9(8)14-6-13/h1-3,5-6H,4H2,(H,11,12). The minimum Gasteiger partial charge on any atom is -0.426 e. The van der Waals surface area contributed by atoms with E-state index in [9.17, 15) is 14.0 Å². The van der Waals surface area contributed by atoms with Gasteiger partial charge >= 0.3 is 0 Å². The minimum atomic E-state index is -0.637. The van der Waals surface area contributed by atoms with Gasteiger partial charge in [0.15, 0.2) is 11.6 Å². The summed E-state index contributed by atoms with van der Waals surface area (Å²) in [7, 11) is 0. The molecule has 0 saturated heterocycles. The molecule has 1 rings (SSSR count). The highest BCUT2D eigenvalue weighted by atomic mass is 19.1. The van der Waals surface area contributed by atoms with E-state index in [1.54, 1.807) is 6.07 Å². The molecule has 0 unspecified atom stereocenters. The molecule has 0 bridgehead atoms. The predicted molar refractivity (Wildman–Crippen MR) is 46.0 cm³/mol. The van der Waals surface area contributed by atoms with Crippen LogP contribution in [-0.4, -0.2) is 12.9 Å². The molecule has 5 heteroatoms. The molecule has 1 aromatic rings. The van der Waals surface area contributed by atoms with Gasteiger partial charge in [-0.2, -0.15) is 0 Å². The van der Waals surface area contributed by atoms with Crippen LogP contribution in [0, 0.1) is 5.82 Å². The summed E-state index contributed by atoms with van der Waals surface area (Å²) >= 11 is 0. The second kappa shape index (κ2) is 4.96. The third kappa shape index (κ3) is 2.55. The first-order chi connectivity index (χ1) is 6.77. The summed E-state index contributed by atoms with van der Waals surface area (Å²) in [6.07, 6.45) is 0.522. The summed E-state index contributed by atoms with van der Waals surface area (Å²) in [4.78, 5) is 19.9. The molecule has 0 fully saturated rings. The number of ether oxygens (including phenoxy) is 1. The first-order valence-electron chi connectivity index (χ1n) is 3.83. The number of hydrogen-bond donors (Lipinski definition) is 1. The lowest BCUT2D eigenvalue weighted by atomic mass is 10.2. The lowest BCUT2D eigenvalue weighted by Gasteiger charge is -2.03. The molecule has 1 amide bonds. The van der Waals surface area contributed by atoms with Gasteiger partial charge in [-0.1, -0.05) is 6.07 Å². The van der Waals surface area contributed by atoms with Crippen LogP contribution in [0.15, 0.2) is 18.2 Å². The first-order valence-corrected chi connectivity index (χ1v) is 3.83. The molecular weight excluding hydrogens is 189 g/mol. The zero-order valence-electron chi connectivity index (χ0n) is 7.20. The molecule has 0 heterocycles. The van der Waals surface area contributed by atoms with E-state index in [1.165, 1.54) is 12.1 Å². The van der Waals surface area contributed by atoms with Gasteiger partial charge in [-0.05, 0) is 17.7 Å². The van der Waals surface area contributed by atoms with Crippen LogP contribution >= 0.6 is 0 Å². The monoisotopic (exact) mass is 197 g/mol. The molecule has 0 aliphatic rings. The van der Waals surface area contributed by atoms with E-state index in [2.05, 4.69) is 10.1 Å². The number of rotatable bonds is 5. The van der Waals surface area contributed by atoms with Crippen molar-refractivity contribution in [3.8, 4) is 5.75 Å². The summed E-state index contributed by atoms with van der Waals surface area (Å²) in [5, 5.41) is 2.39. The molecule has 0 atom stereocenters. The summed E-state index contributed by atoms with van der Waals surface area (Å²) in [6, 6.07) is 4.07. The van der Waals surface area contributed by atoms with Gasteiger partial charge in [0.1, 0.15) is 0 Å². The summed E-state index contributed by atoms with van der Waals surface area (Å²) in [5.74, 6) is -0.767. The van der Waals surface area contributed by atoms with E-state index in [0.29, 0.717) is 12.0 Å². The van der Waals surface area contributed by atoms with E-state index in [4.69, 9.17) is 0 Å². The van der Waals surface area contributed by atoms with Crippen molar-refractivity contribution in [2.24, 2.45) is 0 Å². The van der Waals surface area contributed by atoms with Crippen molar-refractivity contribution in [2.75, 3.05) is 0 Å². The molecule has 1 aromatic carbocycles. The van der Waals surface area contributed by atoms with Crippen molar-refractivity contribution in [1.82, 2.24) is 5.32 Å². The second-order valence-electron chi connectivity index (χ2n) is 2.48. The Labute approximate surface area is 79.7 Å². The van der Waals surface area contributed by atoms with Crippen LogP contribution in [0.5, 0.6) is 5.75 Å². The summed E-state index contributed by atoms with van der Waals surface area (Å²) in [5.41, 5.74) is 0.591. The number of carbonyl (C=O) groups is 2. The molecule has 14 heavy (non-hydrogen) atoms. The van der Waals surface area contributed by atoms with Gasteiger partial charge in [0.2, 0.25) is 6.41 Å². The van der Waals surface area contributed by atoms with Gasteiger partial charge in [0.05, 0.1) is 0 Å². The molecule has 0 radical (unpaired) electrons. The fraction of sp³-hybridized carbons (Fsp3) is 0.111. The van der Waals surface area contributed by atoms with Crippen LogP contribution in [0.2, 0.25) is 0 Å². The van der Waals surface area contributed by atoms with Crippen molar-refractivity contribution < 1.29 is 18.7 Å². The molecule has 4 nitrogen and oxygen atoms in total. The van der Waals surface area contributed by atoms with Crippen LogP contribution in [-0.2, 0) is 16.1 Å².